The third-order valence-electron chi connectivity index (χ3n) is 4.89. The minimum absolute atomic E-state index is 0.0301. The molecule has 0 radical (unpaired) electrons. The topological polar surface area (TPSA) is 158 Å². The summed E-state index contributed by atoms with van der Waals surface area (Å²) < 4.78 is 47.6. The van der Waals surface area contributed by atoms with E-state index in [0.29, 0.717) is 13.0 Å². The van der Waals surface area contributed by atoms with Gasteiger partial charge in [0.2, 0.25) is 20.0 Å². The summed E-state index contributed by atoms with van der Waals surface area (Å²) in [7, 11) is -4.57. The van der Waals surface area contributed by atoms with Crippen LogP contribution in [-0.4, -0.2) is 53.9 Å². The highest BCUT2D eigenvalue weighted by molar-refractivity contribution is 7.89. The van der Waals surface area contributed by atoms with Crippen LogP contribution in [0.5, 0.6) is 0 Å². The maximum Gasteiger partial charge on any atom is 0.238 e. The maximum absolute atomic E-state index is 13.3. The van der Waals surface area contributed by atoms with Gasteiger partial charge in [0.1, 0.15) is 0 Å². The van der Waals surface area contributed by atoms with Crippen molar-refractivity contribution in [3.05, 3.63) is 58.1 Å². The molecule has 0 saturated heterocycles. The van der Waals surface area contributed by atoms with Crippen molar-refractivity contribution in [2.75, 3.05) is 20.6 Å². The molecular formula is C19H21N3O6S2. The predicted molar refractivity (Wildman–Crippen MR) is 109 cm³/mol. The Labute approximate surface area is 174 Å². The fourth-order valence-electron chi connectivity index (χ4n) is 3.53. The van der Waals surface area contributed by atoms with Gasteiger partial charge in [0, 0.05) is 22.3 Å². The van der Waals surface area contributed by atoms with Crippen molar-refractivity contribution >= 4 is 31.6 Å². The smallest absolute Gasteiger partial charge is 0.238 e. The first-order chi connectivity index (χ1) is 13.8. The number of carbonyl (C=O) groups is 2. The molecular weight excluding hydrogens is 430 g/mol. The third kappa shape index (κ3) is 4.07. The van der Waals surface area contributed by atoms with E-state index < -0.39 is 31.6 Å². The van der Waals surface area contributed by atoms with E-state index in [-0.39, 0.29) is 44.0 Å². The molecule has 3 rings (SSSR count). The molecule has 4 N–H and O–H groups in total. The Morgan fingerprint density at radius 2 is 1.47 bits per heavy atom. The first-order valence-electron chi connectivity index (χ1n) is 8.92. The zero-order valence-corrected chi connectivity index (χ0v) is 18.0. The largest absolute Gasteiger partial charge is 0.309 e. The van der Waals surface area contributed by atoms with Gasteiger partial charge < -0.3 is 4.90 Å². The summed E-state index contributed by atoms with van der Waals surface area (Å²) >= 11 is 0. The lowest BCUT2D eigenvalue weighted by atomic mass is 9.81. The molecule has 9 nitrogen and oxygen atoms in total. The van der Waals surface area contributed by atoms with Crippen LogP contribution in [0.3, 0.4) is 0 Å². The molecule has 30 heavy (non-hydrogen) atoms. The molecule has 0 bridgehead atoms. The average molecular weight is 452 g/mol. The molecule has 0 heterocycles. The molecule has 11 heteroatoms. The van der Waals surface area contributed by atoms with Crippen molar-refractivity contribution in [2.45, 2.75) is 22.6 Å². The second-order valence-electron chi connectivity index (χ2n) is 7.33. The summed E-state index contributed by atoms with van der Waals surface area (Å²) in [6.45, 7) is 0.613. The first-order valence-corrected chi connectivity index (χ1v) is 12.0. The minimum atomic E-state index is -4.16. The lowest BCUT2D eigenvalue weighted by molar-refractivity contribution is 0.0977. The molecule has 0 spiro atoms. The fraction of sp³-hybridized carbons (Fsp3) is 0.263. The Morgan fingerprint density at radius 1 is 0.833 bits per heavy atom. The van der Waals surface area contributed by atoms with Crippen molar-refractivity contribution in [1.82, 2.24) is 4.90 Å². The molecule has 160 valence electrons. The van der Waals surface area contributed by atoms with Crippen LogP contribution in [0.15, 0.2) is 40.1 Å². The Balaban J connectivity index is 2.25. The number of benzene rings is 2. The second kappa shape index (κ2) is 7.67. The van der Waals surface area contributed by atoms with Crippen molar-refractivity contribution < 1.29 is 26.4 Å². The monoisotopic (exact) mass is 451 g/mol. The average Bonchev–Trinajstić information content (AvgIpc) is 2.63. The Hall–Kier alpha value is -2.44. The molecule has 0 atom stereocenters. The highest BCUT2D eigenvalue weighted by Gasteiger charge is 2.34. The van der Waals surface area contributed by atoms with E-state index in [0.717, 1.165) is 12.1 Å². The van der Waals surface area contributed by atoms with Crippen molar-refractivity contribution in [3.8, 4) is 0 Å². The molecule has 2 aromatic rings. The van der Waals surface area contributed by atoms with E-state index in [9.17, 15) is 26.4 Å². The Kier molecular flexibility index (Phi) is 5.69. The minimum Gasteiger partial charge on any atom is -0.309 e. The summed E-state index contributed by atoms with van der Waals surface area (Å²) in [4.78, 5) is 27.6. The van der Waals surface area contributed by atoms with E-state index in [1.54, 1.807) is 0 Å². The number of hydrogen-bond donors (Lipinski definition) is 2. The van der Waals surface area contributed by atoms with Crippen LogP contribution in [0.1, 0.15) is 43.8 Å². The molecule has 0 aliphatic heterocycles. The van der Waals surface area contributed by atoms with Gasteiger partial charge >= 0.3 is 0 Å². The molecule has 1 aliphatic rings. The van der Waals surface area contributed by atoms with Gasteiger partial charge in [0.25, 0.3) is 0 Å². The summed E-state index contributed by atoms with van der Waals surface area (Å²) in [6.07, 6.45) is 0.702. The van der Waals surface area contributed by atoms with E-state index >= 15 is 0 Å². The summed E-state index contributed by atoms with van der Waals surface area (Å²) in [5.74, 6) is -1.15. The fourth-order valence-corrected chi connectivity index (χ4v) is 4.88. The molecule has 2 aromatic carbocycles. The number of sulfonamides is 2. The van der Waals surface area contributed by atoms with Gasteiger partial charge in [-0.2, -0.15) is 0 Å². The lowest BCUT2D eigenvalue weighted by Crippen LogP contribution is -2.26. The van der Waals surface area contributed by atoms with Gasteiger partial charge in [0.05, 0.1) is 9.79 Å². The third-order valence-corrected chi connectivity index (χ3v) is 6.80. The maximum atomic E-state index is 13.3. The number of hydrogen-bond acceptors (Lipinski definition) is 7. The highest BCUT2D eigenvalue weighted by Crippen LogP contribution is 2.34. The highest BCUT2D eigenvalue weighted by atomic mass is 32.2. The Bertz CT molecular complexity index is 1280. The number of fused-ring (bicyclic) bond motifs is 2. The van der Waals surface area contributed by atoms with Crippen LogP contribution in [0.25, 0.3) is 0 Å². The van der Waals surface area contributed by atoms with Gasteiger partial charge in [-0.05, 0) is 69.4 Å². The molecule has 0 aromatic heterocycles. The van der Waals surface area contributed by atoms with Crippen LogP contribution < -0.4 is 10.3 Å². The van der Waals surface area contributed by atoms with E-state index in [2.05, 4.69) is 0 Å². The molecule has 0 fully saturated rings. The van der Waals surface area contributed by atoms with E-state index in [1.165, 1.54) is 18.2 Å². The SMILES string of the molecule is CN(C)CCCc1c(S(N)(=O)=O)ccc2c1C(=O)c1cc(S(N)(=O)=O)ccc1C2=O. The quantitative estimate of drug-likeness (QED) is 0.543. The van der Waals surface area contributed by atoms with Gasteiger partial charge in [-0.25, -0.2) is 27.1 Å². The van der Waals surface area contributed by atoms with Crippen LogP contribution in [-0.2, 0) is 26.5 Å². The predicted octanol–water partition coefficient (Wildman–Crippen LogP) is 0.251. The number of carbonyl (C=O) groups excluding carboxylic acids is 2. The zero-order chi connectivity index (χ0) is 22.4. The summed E-state index contributed by atoms with van der Waals surface area (Å²) in [5, 5.41) is 10.5. The van der Waals surface area contributed by atoms with Gasteiger partial charge in [0.15, 0.2) is 11.6 Å². The lowest BCUT2D eigenvalue weighted by Gasteiger charge is -2.22. The van der Waals surface area contributed by atoms with Crippen LogP contribution >= 0.6 is 0 Å². The van der Waals surface area contributed by atoms with Crippen molar-refractivity contribution in [2.24, 2.45) is 10.3 Å². The van der Waals surface area contributed by atoms with E-state index in [1.807, 2.05) is 19.0 Å². The summed E-state index contributed by atoms with van der Waals surface area (Å²) in [5.41, 5.74) is 0.0382. The second-order valence-corrected chi connectivity index (χ2v) is 10.4. The Morgan fingerprint density at radius 3 is 2.03 bits per heavy atom. The van der Waals surface area contributed by atoms with Crippen LogP contribution in [0, 0.1) is 0 Å². The first kappa shape index (κ1) is 22.2. The van der Waals surface area contributed by atoms with Crippen LogP contribution in [0.2, 0.25) is 0 Å². The standard InChI is InChI=1S/C19H21N3O6S2/c1-22(2)9-3-4-13-16(30(21,27)28)8-7-14-17(13)19(24)15-10-11(29(20,25)26)5-6-12(15)18(14)23/h5-8,10H,3-4,9H2,1-2H3,(H2,20,25,26)(H2,21,27,28). The van der Waals surface area contributed by atoms with Gasteiger partial charge in [-0.3, -0.25) is 9.59 Å². The normalized spacial score (nSPS) is 14.0. The molecule has 0 saturated carbocycles. The molecule has 0 unspecified atom stereocenters. The van der Waals surface area contributed by atoms with Crippen molar-refractivity contribution in [1.29, 1.82) is 0 Å². The molecule has 1 aliphatic carbocycles. The zero-order valence-electron chi connectivity index (χ0n) is 16.4. The number of rotatable bonds is 6. The van der Waals surface area contributed by atoms with Gasteiger partial charge in [-0.15, -0.1) is 0 Å². The number of primary sulfonamides is 2. The number of nitrogens with zero attached hydrogens (tertiary/aromatic N) is 1. The number of ketones is 2. The molecule has 0 amide bonds. The van der Waals surface area contributed by atoms with Crippen molar-refractivity contribution in [3.63, 3.8) is 0 Å². The van der Waals surface area contributed by atoms with E-state index in [4.69, 9.17) is 10.3 Å². The van der Waals surface area contributed by atoms with Gasteiger partial charge in [-0.1, -0.05) is 0 Å². The van der Waals surface area contributed by atoms with Crippen LogP contribution in [0.4, 0.5) is 0 Å². The summed E-state index contributed by atoms with van der Waals surface area (Å²) in [6, 6.07) is 5.93. The number of nitrogens with two attached hydrogens (primary N) is 2.